The monoisotopic (exact) mass is 446 g/mol. The van der Waals surface area contributed by atoms with Crippen molar-refractivity contribution >= 4 is 21.6 Å². The minimum atomic E-state index is -3.35. The van der Waals surface area contributed by atoms with Crippen molar-refractivity contribution in [2.45, 2.75) is 39.2 Å². The van der Waals surface area contributed by atoms with Crippen LogP contribution in [0.2, 0.25) is 0 Å². The van der Waals surface area contributed by atoms with Crippen LogP contribution in [0.25, 0.3) is 0 Å². The fourth-order valence-electron chi connectivity index (χ4n) is 3.81. The third-order valence-electron chi connectivity index (χ3n) is 5.61. The van der Waals surface area contributed by atoms with Crippen LogP contribution in [-0.4, -0.2) is 40.8 Å². The van der Waals surface area contributed by atoms with Gasteiger partial charge in [0.2, 0.25) is 10.0 Å². The number of benzene rings is 2. The van der Waals surface area contributed by atoms with Gasteiger partial charge in [-0.25, -0.2) is 8.42 Å². The molecule has 0 bridgehead atoms. The van der Waals surface area contributed by atoms with Gasteiger partial charge in [0.25, 0.3) is 5.91 Å². The van der Waals surface area contributed by atoms with Crippen LogP contribution in [0.3, 0.4) is 0 Å². The Hall–Kier alpha value is -2.74. The smallest absolute Gasteiger partial charge is 0.251 e. The number of nitrogens with zero attached hydrogens (tertiary/aromatic N) is 1. The molecule has 0 spiro atoms. The maximum Gasteiger partial charge on any atom is 0.251 e. The second-order valence-corrected chi connectivity index (χ2v) is 9.66. The Balaban J connectivity index is 1.86. The van der Waals surface area contributed by atoms with E-state index in [1.807, 2.05) is 32.0 Å². The Bertz CT molecular complexity index is 1050. The number of nitrogens with one attached hydrogen (secondary N) is 1. The summed E-state index contributed by atoms with van der Waals surface area (Å²) in [6, 6.07) is 10.5. The molecule has 0 aliphatic carbocycles. The molecule has 3 rings (SSSR count). The first kappa shape index (κ1) is 22.9. The highest BCUT2D eigenvalue weighted by Gasteiger charge is 2.28. The molecule has 1 aliphatic rings. The average molecular weight is 447 g/mol. The fraction of sp³-hybridized carbons (Fsp3) is 0.435. The lowest BCUT2D eigenvalue weighted by Crippen LogP contribution is -2.38. The topological polar surface area (TPSA) is 84.9 Å². The van der Waals surface area contributed by atoms with E-state index in [9.17, 15) is 13.2 Å². The number of sulfonamides is 1. The molecule has 168 valence electrons. The van der Waals surface area contributed by atoms with E-state index in [1.54, 1.807) is 32.4 Å². The number of aryl methyl sites for hydroxylation is 1. The predicted molar refractivity (Wildman–Crippen MR) is 122 cm³/mol. The number of rotatable bonds is 7. The lowest BCUT2D eigenvalue weighted by atomic mass is 10.0. The van der Waals surface area contributed by atoms with Gasteiger partial charge in [0, 0.05) is 12.1 Å². The minimum Gasteiger partial charge on any atom is -0.493 e. The van der Waals surface area contributed by atoms with Crippen molar-refractivity contribution in [3.05, 3.63) is 53.1 Å². The van der Waals surface area contributed by atoms with Gasteiger partial charge in [-0.1, -0.05) is 19.1 Å². The summed E-state index contributed by atoms with van der Waals surface area (Å²) in [5.41, 5.74) is 2.74. The summed E-state index contributed by atoms with van der Waals surface area (Å²) < 4.78 is 37.2. The maximum absolute atomic E-state index is 13.0. The molecule has 2 aromatic carbocycles. The third kappa shape index (κ3) is 4.95. The van der Waals surface area contributed by atoms with E-state index in [4.69, 9.17) is 9.47 Å². The highest BCUT2D eigenvalue weighted by Crippen LogP contribution is 2.32. The molecule has 0 aromatic heterocycles. The van der Waals surface area contributed by atoms with Gasteiger partial charge in [-0.3, -0.25) is 9.10 Å². The minimum absolute atomic E-state index is 0.139. The van der Waals surface area contributed by atoms with Crippen LogP contribution >= 0.6 is 0 Å². The fourth-order valence-corrected chi connectivity index (χ4v) is 5.50. The van der Waals surface area contributed by atoms with Crippen LogP contribution in [0, 0.1) is 6.92 Å². The van der Waals surface area contributed by atoms with Crippen LogP contribution in [0.1, 0.15) is 53.7 Å². The number of carbonyl (C=O) groups excluding carboxylic acids is 1. The van der Waals surface area contributed by atoms with E-state index in [0.717, 1.165) is 17.5 Å². The first-order valence-electron chi connectivity index (χ1n) is 10.4. The van der Waals surface area contributed by atoms with Gasteiger partial charge in [-0.15, -0.1) is 0 Å². The molecular formula is C23H30N2O5S. The zero-order valence-corrected chi connectivity index (χ0v) is 19.3. The van der Waals surface area contributed by atoms with Gasteiger partial charge in [-0.2, -0.15) is 0 Å². The van der Waals surface area contributed by atoms with E-state index in [1.165, 1.54) is 4.31 Å². The van der Waals surface area contributed by atoms with Crippen molar-refractivity contribution in [1.29, 1.82) is 0 Å². The van der Waals surface area contributed by atoms with Crippen molar-refractivity contribution < 1.29 is 22.7 Å². The summed E-state index contributed by atoms with van der Waals surface area (Å²) in [6.07, 6.45) is 2.16. The molecule has 31 heavy (non-hydrogen) atoms. The number of ether oxygens (including phenoxy) is 2. The molecular weight excluding hydrogens is 416 g/mol. The molecule has 1 aliphatic heterocycles. The van der Waals surface area contributed by atoms with Gasteiger partial charge >= 0.3 is 0 Å². The maximum atomic E-state index is 13.0. The lowest BCUT2D eigenvalue weighted by Gasteiger charge is -2.30. The van der Waals surface area contributed by atoms with Crippen molar-refractivity contribution in [3.8, 4) is 11.5 Å². The van der Waals surface area contributed by atoms with Crippen molar-refractivity contribution in [2.75, 3.05) is 30.8 Å². The number of hydrogen-bond donors (Lipinski definition) is 1. The molecule has 0 radical (unpaired) electrons. The molecule has 1 saturated heterocycles. The normalized spacial score (nSPS) is 16.5. The summed E-state index contributed by atoms with van der Waals surface area (Å²) in [4.78, 5) is 13.0. The van der Waals surface area contributed by atoms with Crippen LogP contribution in [0.15, 0.2) is 36.4 Å². The van der Waals surface area contributed by atoms with Crippen molar-refractivity contribution in [3.63, 3.8) is 0 Å². The Labute approximate surface area is 184 Å². The molecule has 1 atom stereocenters. The molecule has 0 unspecified atom stereocenters. The summed E-state index contributed by atoms with van der Waals surface area (Å²) >= 11 is 0. The molecule has 7 nitrogen and oxygen atoms in total. The average Bonchev–Trinajstić information content (AvgIpc) is 2.77. The number of methoxy groups -OCH3 is 2. The highest BCUT2D eigenvalue weighted by molar-refractivity contribution is 7.92. The predicted octanol–water partition coefficient (Wildman–Crippen LogP) is 3.82. The van der Waals surface area contributed by atoms with E-state index in [2.05, 4.69) is 5.32 Å². The lowest BCUT2D eigenvalue weighted by molar-refractivity contribution is 0.0935. The van der Waals surface area contributed by atoms with Gasteiger partial charge < -0.3 is 14.8 Å². The molecule has 2 aromatic rings. The second-order valence-electron chi connectivity index (χ2n) is 7.65. The van der Waals surface area contributed by atoms with Crippen LogP contribution in [0.5, 0.6) is 11.5 Å². The van der Waals surface area contributed by atoms with Crippen LogP contribution in [-0.2, 0) is 10.0 Å². The summed E-state index contributed by atoms with van der Waals surface area (Å²) in [7, 11) is -0.200. The molecule has 1 N–H and O–H groups in total. The Morgan fingerprint density at radius 2 is 1.84 bits per heavy atom. The van der Waals surface area contributed by atoms with Gasteiger partial charge in [0.15, 0.2) is 11.5 Å². The van der Waals surface area contributed by atoms with Crippen LogP contribution in [0.4, 0.5) is 5.69 Å². The Morgan fingerprint density at radius 1 is 1.10 bits per heavy atom. The largest absolute Gasteiger partial charge is 0.493 e. The summed E-state index contributed by atoms with van der Waals surface area (Å²) in [6.45, 7) is 4.29. The zero-order chi connectivity index (χ0) is 22.6. The number of amides is 1. The first-order chi connectivity index (χ1) is 14.8. The zero-order valence-electron chi connectivity index (χ0n) is 18.5. The SMILES string of the molecule is CC[C@H](NC(=O)c1ccc(C)c(N2CCCCS2(=O)=O)c1)c1ccc(OC)c(OC)c1. The number of carbonyl (C=O) groups is 1. The van der Waals surface area contributed by atoms with Gasteiger partial charge in [0.1, 0.15) is 0 Å². The molecule has 1 fully saturated rings. The summed E-state index contributed by atoms with van der Waals surface area (Å²) in [5.74, 6) is 1.11. The molecule has 1 amide bonds. The van der Waals surface area contributed by atoms with Gasteiger partial charge in [-0.05, 0) is 61.6 Å². The van der Waals surface area contributed by atoms with E-state index >= 15 is 0 Å². The second kappa shape index (κ2) is 9.60. The Morgan fingerprint density at radius 3 is 2.48 bits per heavy atom. The molecule has 0 saturated carbocycles. The molecule has 1 heterocycles. The highest BCUT2D eigenvalue weighted by atomic mass is 32.2. The Kier molecular flexibility index (Phi) is 7.10. The number of anilines is 1. The first-order valence-corrected chi connectivity index (χ1v) is 12.1. The molecule has 8 heteroatoms. The van der Waals surface area contributed by atoms with E-state index in [0.29, 0.717) is 42.1 Å². The van der Waals surface area contributed by atoms with Crippen molar-refractivity contribution in [1.82, 2.24) is 5.32 Å². The van der Waals surface area contributed by atoms with Crippen LogP contribution < -0.4 is 19.1 Å². The standard InChI is InChI=1S/C23H30N2O5S/c1-5-19(17-10-11-21(29-3)22(15-17)30-4)24-23(26)18-9-8-16(2)20(14-18)25-12-6-7-13-31(25,27)28/h8-11,14-15,19H,5-7,12-13H2,1-4H3,(H,24,26)/t19-/m0/s1. The number of hydrogen-bond acceptors (Lipinski definition) is 5. The van der Waals surface area contributed by atoms with E-state index < -0.39 is 10.0 Å². The quantitative estimate of drug-likeness (QED) is 0.699. The summed E-state index contributed by atoms with van der Waals surface area (Å²) in [5, 5.41) is 3.06. The van der Waals surface area contributed by atoms with Gasteiger partial charge in [0.05, 0.1) is 31.7 Å². The van der Waals surface area contributed by atoms with E-state index in [-0.39, 0.29) is 17.7 Å². The van der Waals surface area contributed by atoms with Crippen molar-refractivity contribution in [2.24, 2.45) is 0 Å². The third-order valence-corrected chi connectivity index (χ3v) is 7.47.